The Hall–Kier alpha value is -3.46. The number of rotatable bonds is 6. The summed E-state index contributed by atoms with van der Waals surface area (Å²) in [4.78, 5) is 47.6. The Morgan fingerprint density at radius 3 is 2.70 bits per heavy atom. The number of halogens is 1. The molecule has 0 bridgehead atoms. The lowest BCUT2D eigenvalue weighted by atomic mass is 10.0. The molecular formula is C24H23BrN4O4. The second-order valence-electron chi connectivity index (χ2n) is 7.69. The maximum absolute atomic E-state index is 13.5. The van der Waals surface area contributed by atoms with Crippen molar-refractivity contribution in [3.8, 4) is 11.3 Å². The smallest absolute Gasteiger partial charge is 0.407 e. The fourth-order valence-corrected chi connectivity index (χ4v) is 4.39. The number of imidazole rings is 1. The number of H-pyrrole nitrogens is 1. The van der Waals surface area contributed by atoms with E-state index in [9.17, 15) is 14.4 Å². The van der Waals surface area contributed by atoms with Crippen molar-refractivity contribution in [2.45, 2.75) is 24.9 Å². The normalized spacial score (nSPS) is 16.3. The van der Waals surface area contributed by atoms with E-state index in [1.807, 2.05) is 30.3 Å². The molecule has 4 rings (SSSR count). The van der Waals surface area contributed by atoms with Crippen LogP contribution in [0, 0.1) is 0 Å². The Morgan fingerprint density at radius 1 is 1.18 bits per heavy atom. The molecule has 1 aliphatic rings. The number of likely N-dealkylation sites (tertiary alicyclic amines) is 1. The van der Waals surface area contributed by atoms with E-state index in [-0.39, 0.29) is 17.5 Å². The van der Waals surface area contributed by atoms with E-state index in [4.69, 9.17) is 4.74 Å². The molecule has 2 amide bonds. The maximum Gasteiger partial charge on any atom is 0.407 e. The Bertz CT molecular complexity index is 1160. The van der Waals surface area contributed by atoms with Crippen LogP contribution in [0.4, 0.5) is 4.79 Å². The molecule has 0 radical (unpaired) electrons. The Balaban J connectivity index is 1.57. The van der Waals surface area contributed by atoms with Crippen molar-refractivity contribution in [2.75, 3.05) is 13.7 Å². The fraction of sp³-hybridized carbons (Fsp3) is 0.250. The number of amides is 2. The highest BCUT2D eigenvalue weighted by Crippen LogP contribution is 2.27. The average molecular weight is 511 g/mol. The number of Topliss-reactive ketones (excluding diaryl/α,β-unsaturated/α-hetero) is 1. The van der Waals surface area contributed by atoms with Crippen LogP contribution in [0.3, 0.4) is 0 Å². The summed E-state index contributed by atoms with van der Waals surface area (Å²) in [6, 6.07) is 14.9. The third kappa shape index (κ3) is 4.98. The summed E-state index contributed by atoms with van der Waals surface area (Å²) in [5.41, 5.74) is 2.22. The predicted molar refractivity (Wildman–Crippen MR) is 126 cm³/mol. The lowest BCUT2D eigenvalue weighted by Gasteiger charge is -2.28. The molecule has 8 nitrogen and oxygen atoms in total. The van der Waals surface area contributed by atoms with Crippen LogP contribution < -0.4 is 5.32 Å². The summed E-state index contributed by atoms with van der Waals surface area (Å²) < 4.78 is 5.62. The molecule has 3 aromatic rings. The van der Waals surface area contributed by atoms with Gasteiger partial charge in [-0.2, -0.15) is 0 Å². The first kappa shape index (κ1) is 22.7. The number of aromatic nitrogens is 2. The molecule has 1 aromatic heterocycles. The van der Waals surface area contributed by atoms with Gasteiger partial charge in [0.2, 0.25) is 5.78 Å². The monoisotopic (exact) mass is 510 g/mol. The molecule has 0 saturated carbocycles. The summed E-state index contributed by atoms with van der Waals surface area (Å²) in [6.45, 7) is 0.417. The van der Waals surface area contributed by atoms with Gasteiger partial charge in [0.05, 0.1) is 25.0 Å². The molecule has 0 aliphatic carbocycles. The summed E-state index contributed by atoms with van der Waals surface area (Å²) in [5, 5.41) is 2.60. The molecule has 1 aliphatic heterocycles. The summed E-state index contributed by atoms with van der Waals surface area (Å²) in [6.07, 6.45) is 2.10. The van der Waals surface area contributed by atoms with Crippen LogP contribution in [0.25, 0.3) is 11.3 Å². The van der Waals surface area contributed by atoms with E-state index in [0.717, 1.165) is 10.0 Å². The molecule has 0 spiro atoms. The van der Waals surface area contributed by atoms with Gasteiger partial charge >= 0.3 is 6.09 Å². The third-order valence-corrected chi connectivity index (χ3v) is 6.10. The number of nitrogens with one attached hydrogen (secondary N) is 2. The zero-order valence-electron chi connectivity index (χ0n) is 18.0. The van der Waals surface area contributed by atoms with Crippen molar-refractivity contribution in [3.63, 3.8) is 0 Å². The van der Waals surface area contributed by atoms with Gasteiger partial charge < -0.3 is 19.9 Å². The molecule has 0 unspecified atom stereocenters. The van der Waals surface area contributed by atoms with Gasteiger partial charge in [0.25, 0.3) is 5.91 Å². The molecular weight excluding hydrogens is 488 g/mol. The van der Waals surface area contributed by atoms with Crippen molar-refractivity contribution >= 4 is 33.7 Å². The van der Waals surface area contributed by atoms with Gasteiger partial charge in [-0.25, -0.2) is 9.78 Å². The second kappa shape index (κ2) is 9.99. The van der Waals surface area contributed by atoms with Crippen molar-refractivity contribution in [1.29, 1.82) is 0 Å². The van der Waals surface area contributed by atoms with E-state index < -0.39 is 18.2 Å². The van der Waals surface area contributed by atoms with Gasteiger partial charge in [0.1, 0.15) is 6.04 Å². The van der Waals surface area contributed by atoms with Crippen LogP contribution in [-0.4, -0.2) is 52.3 Å². The van der Waals surface area contributed by atoms with E-state index in [2.05, 4.69) is 31.2 Å². The number of nitrogens with zero attached hydrogens (tertiary/aromatic N) is 2. The lowest BCUT2D eigenvalue weighted by molar-refractivity contribution is -0.133. The molecule has 2 atom stereocenters. The van der Waals surface area contributed by atoms with Gasteiger partial charge in [0, 0.05) is 16.6 Å². The minimum atomic E-state index is -0.958. The number of methoxy groups -OCH3 is 1. The summed E-state index contributed by atoms with van der Waals surface area (Å²) in [7, 11) is 1.24. The number of ketones is 1. The first-order chi connectivity index (χ1) is 16.0. The Labute approximate surface area is 199 Å². The fourth-order valence-electron chi connectivity index (χ4n) is 3.99. The highest BCUT2D eigenvalue weighted by Gasteiger charge is 2.39. The van der Waals surface area contributed by atoms with Crippen LogP contribution in [-0.2, 0) is 9.53 Å². The second-order valence-corrected chi connectivity index (χ2v) is 8.61. The number of hydrogen-bond donors (Lipinski definition) is 2. The minimum Gasteiger partial charge on any atom is -0.453 e. The lowest BCUT2D eigenvalue weighted by Crippen LogP contribution is -2.47. The molecule has 2 aromatic carbocycles. The van der Waals surface area contributed by atoms with E-state index in [0.29, 0.717) is 30.6 Å². The molecule has 1 saturated heterocycles. The average Bonchev–Trinajstić information content (AvgIpc) is 3.52. The van der Waals surface area contributed by atoms with E-state index in [1.54, 1.807) is 30.5 Å². The highest BCUT2D eigenvalue weighted by molar-refractivity contribution is 9.10. The predicted octanol–water partition coefficient (Wildman–Crippen LogP) is 4.11. The zero-order valence-corrected chi connectivity index (χ0v) is 19.5. The molecule has 1 fully saturated rings. The largest absolute Gasteiger partial charge is 0.453 e. The number of carbonyl (C=O) groups is 3. The van der Waals surface area contributed by atoms with Crippen LogP contribution in [0.5, 0.6) is 0 Å². The Morgan fingerprint density at radius 2 is 1.97 bits per heavy atom. The van der Waals surface area contributed by atoms with Gasteiger partial charge in [-0.3, -0.25) is 9.59 Å². The Kier molecular flexibility index (Phi) is 6.88. The molecule has 2 heterocycles. The first-order valence-corrected chi connectivity index (χ1v) is 11.3. The van der Waals surface area contributed by atoms with E-state index >= 15 is 0 Å². The van der Waals surface area contributed by atoms with Crippen LogP contribution in [0.2, 0.25) is 0 Å². The zero-order chi connectivity index (χ0) is 23.4. The standard InChI is InChI=1S/C24H23BrN4O4/c1-33-24(32)28-20(15-7-3-2-4-8-15)23(31)29-12-6-11-19(29)21(30)22-26-14-18(27-22)16-9-5-10-17(25)13-16/h2-5,7-10,13-14,19-20H,6,11-12H2,1H3,(H,26,27)(H,28,32)/t19-,20+/m0/s1. The number of benzene rings is 2. The maximum atomic E-state index is 13.5. The van der Waals surface area contributed by atoms with Gasteiger partial charge in [-0.1, -0.05) is 58.4 Å². The number of aromatic amines is 1. The van der Waals surface area contributed by atoms with Crippen molar-refractivity contribution in [1.82, 2.24) is 20.2 Å². The third-order valence-electron chi connectivity index (χ3n) is 5.61. The molecule has 33 heavy (non-hydrogen) atoms. The molecule has 2 N–H and O–H groups in total. The topological polar surface area (TPSA) is 104 Å². The molecule has 170 valence electrons. The quantitative estimate of drug-likeness (QED) is 0.485. The van der Waals surface area contributed by atoms with E-state index in [1.165, 1.54) is 12.0 Å². The number of alkyl carbamates (subject to hydrolysis) is 1. The van der Waals surface area contributed by atoms with Crippen molar-refractivity contribution in [2.24, 2.45) is 0 Å². The van der Waals surface area contributed by atoms with Crippen molar-refractivity contribution in [3.05, 3.63) is 76.7 Å². The van der Waals surface area contributed by atoms with Gasteiger partial charge in [-0.05, 0) is 30.5 Å². The van der Waals surface area contributed by atoms with Crippen molar-refractivity contribution < 1.29 is 19.1 Å². The minimum absolute atomic E-state index is 0.201. The summed E-state index contributed by atoms with van der Waals surface area (Å²) >= 11 is 3.44. The number of ether oxygens (including phenoxy) is 1. The first-order valence-electron chi connectivity index (χ1n) is 10.5. The van der Waals surface area contributed by atoms with Crippen LogP contribution in [0.1, 0.15) is 35.1 Å². The van der Waals surface area contributed by atoms with Gasteiger partial charge in [-0.15, -0.1) is 0 Å². The van der Waals surface area contributed by atoms with Crippen LogP contribution >= 0.6 is 15.9 Å². The molecule has 9 heteroatoms. The van der Waals surface area contributed by atoms with Gasteiger partial charge in [0.15, 0.2) is 5.82 Å². The number of hydrogen-bond acceptors (Lipinski definition) is 5. The summed E-state index contributed by atoms with van der Waals surface area (Å²) in [5.74, 6) is -0.417. The highest BCUT2D eigenvalue weighted by atomic mass is 79.9. The number of carbonyl (C=O) groups excluding carboxylic acids is 3. The SMILES string of the molecule is COC(=O)N[C@@H](C(=O)N1CCC[C@H]1C(=O)c1ncc(-c2cccc(Br)c2)[nH]1)c1ccccc1. The van der Waals surface area contributed by atoms with Crippen LogP contribution in [0.15, 0.2) is 65.3 Å².